The van der Waals surface area contributed by atoms with Gasteiger partial charge in [-0.25, -0.2) is 0 Å². The van der Waals surface area contributed by atoms with Crippen molar-refractivity contribution in [3.8, 4) is 0 Å². The van der Waals surface area contributed by atoms with Crippen LogP contribution in [0.25, 0.3) is 0 Å². The molecule has 1 fully saturated rings. The number of rotatable bonds is 5. The Hall–Kier alpha value is -2.53. The molecule has 0 unspecified atom stereocenters. The molecule has 1 aliphatic rings. The number of carbonyl (C=O) groups is 2. The second kappa shape index (κ2) is 8.91. The van der Waals surface area contributed by atoms with E-state index in [0.29, 0.717) is 24.7 Å². The normalized spacial score (nSPS) is 14.1. The SMILES string of the molecule is Cc1cccc(N2CCN(C(=O)CC(=O)NCc3ccccc3Cl)CC2)c1. The molecular formula is C21H24ClN3O2. The number of halogens is 1. The molecule has 5 nitrogen and oxygen atoms in total. The van der Waals surface area contributed by atoms with Crippen LogP contribution in [0.1, 0.15) is 17.5 Å². The van der Waals surface area contributed by atoms with Gasteiger partial charge in [-0.1, -0.05) is 41.9 Å². The third kappa shape index (κ3) is 5.23. The fourth-order valence-electron chi connectivity index (χ4n) is 3.19. The van der Waals surface area contributed by atoms with Crippen molar-refractivity contribution in [2.75, 3.05) is 31.1 Å². The fourth-order valence-corrected chi connectivity index (χ4v) is 3.39. The molecule has 27 heavy (non-hydrogen) atoms. The summed E-state index contributed by atoms with van der Waals surface area (Å²) < 4.78 is 0. The standard InChI is InChI=1S/C21H24ClN3O2/c1-16-5-4-7-18(13-16)24-9-11-25(12-10-24)21(27)14-20(26)23-15-17-6-2-3-8-19(17)22/h2-8,13H,9-12,14-15H2,1H3,(H,23,26). The molecule has 0 spiro atoms. The Balaban J connectivity index is 1.45. The number of piperazine rings is 1. The Bertz CT molecular complexity index is 817. The van der Waals surface area contributed by atoms with Crippen molar-refractivity contribution in [3.05, 3.63) is 64.7 Å². The Kier molecular flexibility index (Phi) is 6.35. The van der Waals surface area contributed by atoms with E-state index in [-0.39, 0.29) is 18.2 Å². The lowest BCUT2D eigenvalue weighted by molar-refractivity contribution is -0.136. The third-order valence-electron chi connectivity index (χ3n) is 4.74. The van der Waals surface area contributed by atoms with Crippen LogP contribution in [0.2, 0.25) is 5.02 Å². The van der Waals surface area contributed by atoms with Crippen LogP contribution >= 0.6 is 11.6 Å². The van der Waals surface area contributed by atoms with E-state index in [1.165, 1.54) is 11.3 Å². The summed E-state index contributed by atoms with van der Waals surface area (Å²) in [6.45, 7) is 5.21. The molecule has 6 heteroatoms. The van der Waals surface area contributed by atoms with Gasteiger partial charge in [0.05, 0.1) is 0 Å². The molecule has 142 valence electrons. The van der Waals surface area contributed by atoms with E-state index in [4.69, 9.17) is 11.6 Å². The number of benzene rings is 2. The molecule has 2 amide bonds. The first-order valence-electron chi connectivity index (χ1n) is 9.12. The largest absolute Gasteiger partial charge is 0.368 e. The molecule has 1 aliphatic heterocycles. The highest BCUT2D eigenvalue weighted by atomic mass is 35.5. The average molecular weight is 386 g/mol. The van der Waals surface area contributed by atoms with Gasteiger partial charge in [0.2, 0.25) is 11.8 Å². The topological polar surface area (TPSA) is 52.7 Å². The van der Waals surface area contributed by atoms with Gasteiger partial charge in [-0.3, -0.25) is 9.59 Å². The number of nitrogens with zero attached hydrogens (tertiary/aromatic N) is 2. The molecule has 0 atom stereocenters. The predicted molar refractivity (Wildman–Crippen MR) is 108 cm³/mol. The summed E-state index contributed by atoms with van der Waals surface area (Å²) in [6, 6.07) is 15.7. The lowest BCUT2D eigenvalue weighted by Gasteiger charge is -2.36. The minimum atomic E-state index is -0.277. The molecule has 3 rings (SSSR count). The summed E-state index contributed by atoms with van der Waals surface area (Å²) >= 11 is 6.08. The molecule has 0 aliphatic carbocycles. The Morgan fingerprint density at radius 2 is 1.78 bits per heavy atom. The number of hydrogen-bond donors (Lipinski definition) is 1. The molecule has 1 heterocycles. The van der Waals surface area contributed by atoms with E-state index in [2.05, 4.69) is 35.3 Å². The van der Waals surface area contributed by atoms with Crippen LogP contribution in [0.15, 0.2) is 48.5 Å². The monoisotopic (exact) mass is 385 g/mol. The van der Waals surface area contributed by atoms with Crippen LogP contribution < -0.4 is 10.2 Å². The zero-order chi connectivity index (χ0) is 19.2. The molecule has 2 aromatic rings. The van der Waals surface area contributed by atoms with Gasteiger partial charge in [0.15, 0.2) is 0 Å². The third-order valence-corrected chi connectivity index (χ3v) is 5.11. The second-order valence-electron chi connectivity index (χ2n) is 6.75. The first-order chi connectivity index (χ1) is 13.0. The molecule has 0 bridgehead atoms. The summed E-state index contributed by atoms with van der Waals surface area (Å²) in [5.41, 5.74) is 3.24. The average Bonchev–Trinajstić information content (AvgIpc) is 2.67. The molecule has 0 saturated carbocycles. The maximum absolute atomic E-state index is 12.4. The van der Waals surface area contributed by atoms with Gasteiger partial charge in [0, 0.05) is 43.4 Å². The van der Waals surface area contributed by atoms with Crippen molar-refractivity contribution in [1.29, 1.82) is 0 Å². The number of aryl methyl sites for hydroxylation is 1. The zero-order valence-corrected chi connectivity index (χ0v) is 16.2. The molecular weight excluding hydrogens is 362 g/mol. The second-order valence-corrected chi connectivity index (χ2v) is 7.16. The Morgan fingerprint density at radius 1 is 1.04 bits per heavy atom. The van der Waals surface area contributed by atoms with E-state index in [1.807, 2.05) is 24.3 Å². The number of amides is 2. The van der Waals surface area contributed by atoms with Crippen molar-refractivity contribution in [2.24, 2.45) is 0 Å². The van der Waals surface area contributed by atoms with Crippen LogP contribution in [0, 0.1) is 6.92 Å². The molecule has 0 aromatic heterocycles. The highest BCUT2D eigenvalue weighted by Crippen LogP contribution is 2.18. The number of carbonyl (C=O) groups excluding carboxylic acids is 2. The summed E-state index contributed by atoms with van der Waals surface area (Å²) in [5.74, 6) is -0.406. The summed E-state index contributed by atoms with van der Waals surface area (Å²) in [4.78, 5) is 28.5. The molecule has 2 aromatic carbocycles. The van der Waals surface area contributed by atoms with Gasteiger partial charge >= 0.3 is 0 Å². The molecule has 1 N–H and O–H groups in total. The Labute approximate surface area is 164 Å². The van der Waals surface area contributed by atoms with Gasteiger partial charge in [-0.2, -0.15) is 0 Å². The van der Waals surface area contributed by atoms with Crippen molar-refractivity contribution in [2.45, 2.75) is 19.9 Å². The van der Waals surface area contributed by atoms with Gasteiger partial charge < -0.3 is 15.1 Å². The van der Waals surface area contributed by atoms with E-state index in [0.717, 1.165) is 18.7 Å². The van der Waals surface area contributed by atoms with E-state index in [1.54, 1.807) is 11.0 Å². The minimum Gasteiger partial charge on any atom is -0.368 e. The highest BCUT2D eigenvalue weighted by Gasteiger charge is 2.23. The quantitative estimate of drug-likeness (QED) is 0.805. The lowest BCUT2D eigenvalue weighted by Crippen LogP contribution is -2.49. The fraction of sp³-hybridized carbons (Fsp3) is 0.333. The lowest BCUT2D eigenvalue weighted by atomic mass is 10.2. The first kappa shape index (κ1) is 19.2. The number of anilines is 1. The summed E-state index contributed by atoms with van der Waals surface area (Å²) in [7, 11) is 0. The van der Waals surface area contributed by atoms with Gasteiger partial charge in [-0.15, -0.1) is 0 Å². The van der Waals surface area contributed by atoms with Gasteiger partial charge in [0.1, 0.15) is 6.42 Å². The highest BCUT2D eigenvalue weighted by molar-refractivity contribution is 6.31. The Morgan fingerprint density at radius 3 is 2.48 bits per heavy atom. The van der Waals surface area contributed by atoms with Gasteiger partial charge in [-0.05, 0) is 36.2 Å². The van der Waals surface area contributed by atoms with Crippen LogP contribution in [0.3, 0.4) is 0 Å². The van der Waals surface area contributed by atoms with Crippen molar-refractivity contribution in [1.82, 2.24) is 10.2 Å². The first-order valence-corrected chi connectivity index (χ1v) is 9.50. The van der Waals surface area contributed by atoms with Crippen LogP contribution in [-0.4, -0.2) is 42.9 Å². The van der Waals surface area contributed by atoms with Crippen molar-refractivity contribution < 1.29 is 9.59 Å². The smallest absolute Gasteiger partial charge is 0.232 e. The maximum atomic E-state index is 12.4. The van der Waals surface area contributed by atoms with Crippen LogP contribution in [-0.2, 0) is 16.1 Å². The molecule has 0 radical (unpaired) electrons. The van der Waals surface area contributed by atoms with Crippen LogP contribution in [0.4, 0.5) is 5.69 Å². The van der Waals surface area contributed by atoms with Crippen molar-refractivity contribution >= 4 is 29.1 Å². The van der Waals surface area contributed by atoms with Crippen molar-refractivity contribution in [3.63, 3.8) is 0 Å². The zero-order valence-electron chi connectivity index (χ0n) is 15.5. The minimum absolute atomic E-state index is 0.129. The summed E-state index contributed by atoms with van der Waals surface area (Å²) in [6.07, 6.45) is -0.130. The maximum Gasteiger partial charge on any atom is 0.232 e. The summed E-state index contributed by atoms with van der Waals surface area (Å²) in [5, 5.41) is 3.38. The predicted octanol–water partition coefficient (Wildman–Crippen LogP) is 3.00. The number of hydrogen-bond acceptors (Lipinski definition) is 3. The number of nitrogens with one attached hydrogen (secondary N) is 1. The van der Waals surface area contributed by atoms with Crippen LogP contribution in [0.5, 0.6) is 0 Å². The molecule has 1 saturated heterocycles. The van der Waals surface area contributed by atoms with E-state index >= 15 is 0 Å². The van der Waals surface area contributed by atoms with E-state index in [9.17, 15) is 9.59 Å². The van der Waals surface area contributed by atoms with Gasteiger partial charge in [0.25, 0.3) is 0 Å². The van der Waals surface area contributed by atoms with E-state index < -0.39 is 0 Å².